The fourth-order valence-electron chi connectivity index (χ4n) is 0.564. The van der Waals surface area contributed by atoms with E-state index in [0.29, 0.717) is 0 Å². The molecule has 0 amide bonds. The Balaban J connectivity index is 3.20. The lowest BCUT2D eigenvalue weighted by Crippen LogP contribution is -1.97. The van der Waals surface area contributed by atoms with E-state index in [9.17, 15) is 0 Å². The van der Waals surface area contributed by atoms with Crippen molar-refractivity contribution in [3.63, 3.8) is 0 Å². The van der Waals surface area contributed by atoms with E-state index in [1.807, 2.05) is 0 Å². The molecule has 53 valence electrons. The molecule has 9 heavy (non-hydrogen) atoms. The van der Waals surface area contributed by atoms with Crippen molar-refractivity contribution in [1.29, 1.82) is 0 Å². The third kappa shape index (κ3) is 7.70. The molecule has 0 aromatic rings. The first kappa shape index (κ1) is 8.70. The minimum absolute atomic E-state index is 0.402. The summed E-state index contributed by atoms with van der Waals surface area (Å²) in [6.07, 6.45) is 3.41. The zero-order valence-electron chi connectivity index (χ0n) is 6.22. The first-order chi connectivity index (χ1) is 4.13. The third-order valence-corrected chi connectivity index (χ3v) is 1.05. The molecule has 1 N–H and O–H groups in total. The molecule has 0 aromatic heterocycles. The zero-order valence-corrected chi connectivity index (χ0v) is 6.22. The molecule has 1 nitrogen and oxygen atoms in total. The third-order valence-electron chi connectivity index (χ3n) is 1.05. The van der Waals surface area contributed by atoms with Crippen LogP contribution in [0.1, 0.15) is 26.7 Å². The Hall–Kier alpha value is -0.300. The highest BCUT2D eigenvalue weighted by molar-refractivity contribution is 4.92. The molecule has 0 bridgehead atoms. The molecule has 1 heteroatoms. The standard InChI is InChI=1S/C8H15O/c1-7(2)5-4-6-8(3)9/h5,8-9H,3-4,6H2,1-2H3. The number of rotatable bonds is 3. The second-order valence-corrected chi connectivity index (χ2v) is 2.51. The second-order valence-electron chi connectivity index (χ2n) is 2.51. The Morgan fingerprint density at radius 3 is 2.56 bits per heavy atom. The quantitative estimate of drug-likeness (QED) is 0.574. The van der Waals surface area contributed by atoms with Gasteiger partial charge in [-0.05, 0) is 33.6 Å². The number of hydrogen-bond donors (Lipinski definition) is 1. The minimum Gasteiger partial charge on any atom is -0.393 e. The van der Waals surface area contributed by atoms with Crippen LogP contribution in [0.25, 0.3) is 0 Å². The fraction of sp³-hybridized carbons (Fsp3) is 0.625. The lowest BCUT2D eigenvalue weighted by molar-refractivity contribution is 0.211. The van der Waals surface area contributed by atoms with Gasteiger partial charge < -0.3 is 5.11 Å². The largest absolute Gasteiger partial charge is 0.393 e. The van der Waals surface area contributed by atoms with Crippen molar-refractivity contribution in [3.8, 4) is 0 Å². The molecule has 1 radical (unpaired) electrons. The smallest absolute Gasteiger partial charge is 0.0544 e. The van der Waals surface area contributed by atoms with Crippen molar-refractivity contribution in [2.75, 3.05) is 0 Å². The Morgan fingerprint density at radius 2 is 2.22 bits per heavy atom. The van der Waals surface area contributed by atoms with Gasteiger partial charge in [-0.25, -0.2) is 0 Å². The molecule has 0 aliphatic rings. The van der Waals surface area contributed by atoms with Crippen LogP contribution in [0.5, 0.6) is 0 Å². The summed E-state index contributed by atoms with van der Waals surface area (Å²) in [5, 5.41) is 8.72. The van der Waals surface area contributed by atoms with Gasteiger partial charge in [0.25, 0.3) is 0 Å². The summed E-state index contributed by atoms with van der Waals surface area (Å²) >= 11 is 0. The molecule has 0 fully saturated rings. The Bertz CT molecular complexity index is 88.7. The lowest BCUT2D eigenvalue weighted by atomic mass is 10.2. The van der Waals surface area contributed by atoms with Crippen LogP contribution in [-0.2, 0) is 0 Å². The van der Waals surface area contributed by atoms with Gasteiger partial charge in [-0.3, -0.25) is 0 Å². The topological polar surface area (TPSA) is 20.2 Å². The summed E-state index contributed by atoms with van der Waals surface area (Å²) in [7, 11) is 0. The first-order valence-corrected chi connectivity index (χ1v) is 3.27. The van der Waals surface area contributed by atoms with E-state index in [4.69, 9.17) is 5.11 Å². The molecule has 0 aliphatic carbocycles. The maximum absolute atomic E-state index is 8.72. The van der Waals surface area contributed by atoms with Gasteiger partial charge in [0, 0.05) is 0 Å². The van der Waals surface area contributed by atoms with Crippen LogP contribution < -0.4 is 0 Å². The molecule has 0 saturated carbocycles. The molecule has 0 rings (SSSR count). The van der Waals surface area contributed by atoms with E-state index in [2.05, 4.69) is 26.8 Å². The van der Waals surface area contributed by atoms with Gasteiger partial charge in [-0.15, -0.1) is 0 Å². The number of aliphatic hydroxyl groups is 1. The highest BCUT2D eigenvalue weighted by Gasteiger charge is 1.90. The van der Waals surface area contributed by atoms with Crippen molar-refractivity contribution in [1.82, 2.24) is 0 Å². The van der Waals surface area contributed by atoms with Crippen LogP contribution >= 0.6 is 0 Å². The second kappa shape index (κ2) is 4.57. The van der Waals surface area contributed by atoms with Gasteiger partial charge in [0.15, 0.2) is 0 Å². The molecule has 0 saturated heterocycles. The minimum atomic E-state index is -0.402. The van der Waals surface area contributed by atoms with E-state index in [-0.39, 0.29) is 0 Å². The van der Waals surface area contributed by atoms with E-state index in [1.54, 1.807) is 0 Å². The SMILES string of the molecule is [CH2]C(O)CCC=C(C)C. The predicted octanol–water partition coefficient (Wildman–Crippen LogP) is 1.93. The van der Waals surface area contributed by atoms with Gasteiger partial charge in [-0.2, -0.15) is 0 Å². The van der Waals surface area contributed by atoms with Crippen LogP contribution in [0.2, 0.25) is 0 Å². The van der Waals surface area contributed by atoms with Crippen molar-refractivity contribution < 1.29 is 5.11 Å². The van der Waals surface area contributed by atoms with Crippen LogP contribution in [0.3, 0.4) is 0 Å². The normalized spacial score (nSPS) is 12.9. The number of hydrogen-bond acceptors (Lipinski definition) is 1. The molecule has 0 heterocycles. The molecule has 0 spiro atoms. The summed E-state index contributed by atoms with van der Waals surface area (Å²) in [6, 6.07) is 0. The van der Waals surface area contributed by atoms with Crippen molar-refractivity contribution >= 4 is 0 Å². The van der Waals surface area contributed by atoms with E-state index in [1.165, 1.54) is 5.57 Å². The Kier molecular flexibility index (Phi) is 4.41. The number of allylic oxidation sites excluding steroid dienone is 2. The average molecular weight is 127 g/mol. The van der Waals surface area contributed by atoms with Crippen LogP contribution in [0, 0.1) is 6.92 Å². The summed E-state index contributed by atoms with van der Waals surface area (Å²) in [5.41, 5.74) is 1.30. The molecular weight excluding hydrogens is 112 g/mol. The molecule has 1 atom stereocenters. The Labute approximate surface area is 57.4 Å². The molecule has 1 unspecified atom stereocenters. The van der Waals surface area contributed by atoms with Gasteiger partial charge in [0.05, 0.1) is 6.10 Å². The van der Waals surface area contributed by atoms with Gasteiger partial charge in [-0.1, -0.05) is 11.6 Å². The van der Waals surface area contributed by atoms with E-state index in [0.717, 1.165) is 12.8 Å². The summed E-state index contributed by atoms with van der Waals surface area (Å²) in [5.74, 6) is 0. The van der Waals surface area contributed by atoms with Crippen LogP contribution in [-0.4, -0.2) is 11.2 Å². The average Bonchev–Trinajstić information content (AvgIpc) is 1.63. The fourth-order valence-corrected chi connectivity index (χ4v) is 0.564. The zero-order chi connectivity index (χ0) is 7.28. The highest BCUT2D eigenvalue weighted by atomic mass is 16.3. The maximum atomic E-state index is 8.72. The maximum Gasteiger partial charge on any atom is 0.0544 e. The van der Waals surface area contributed by atoms with E-state index < -0.39 is 6.10 Å². The molecular formula is C8H15O. The van der Waals surface area contributed by atoms with E-state index >= 15 is 0 Å². The van der Waals surface area contributed by atoms with Gasteiger partial charge >= 0.3 is 0 Å². The van der Waals surface area contributed by atoms with Crippen LogP contribution in [0.4, 0.5) is 0 Å². The van der Waals surface area contributed by atoms with Crippen molar-refractivity contribution in [2.45, 2.75) is 32.8 Å². The van der Waals surface area contributed by atoms with Crippen molar-refractivity contribution in [3.05, 3.63) is 18.6 Å². The van der Waals surface area contributed by atoms with Crippen LogP contribution in [0.15, 0.2) is 11.6 Å². The monoisotopic (exact) mass is 127 g/mol. The summed E-state index contributed by atoms with van der Waals surface area (Å²) in [4.78, 5) is 0. The highest BCUT2D eigenvalue weighted by Crippen LogP contribution is 1.99. The van der Waals surface area contributed by atoms with Gasteiger partial charge in [0.2, 0.25) is 0 Å². The first-order valence-electron chi connectivity index (χ1n) is 3.27. The van der Waals surface area contributed by atoms with Gasteiger partial charge in [0.1, 0.15) is 0 Å². The molecule has 0 aliphatic heterocycles. The number of aliphatic hydroxyl groups excluding tert-OH is 1. The molecule has 0 aromatic carbocycles. The summed E-state index contributed by atoms with van der Waals surface area (Å²) in [6.45, 7) is 7.56. The Morgan fingerprint density at radius 1 is 1.67 bits per heavy atom. The van der Waals surface area contributed by atoms with Crippen molar-refractivity contribution in [2.24, 2.45) is 0 Å². The lowest BCUT2D eigenvalue weighted by Gasteiger charge is -1.98. The predicted molar refractivity (Wildman–Crippen MR) is 40.0 cm³/mol. The summed E-state index contributed by atoms with van der Waals surface area (Å²) < 4.78 is 0.